The SMILES string of the molecule is CC(C)(C)Oc1ccc(C(=O)Nc2ccncn2)cc1. The van der Waals surface area contributed by atoms with Gasteiger partial charge in [-0.1, -0.05) is 0 Å². The number of hydrogen-bond donors (Lipinski definition) is 1. The van der Waals surface area contributed by atoms with Crippen LogP contribution in [0.15, 0.2) is 42.9 Å². The summed E-state index contributed by atoms with van der Waals surface area (Å²) in [6, 6.07) is 8.63. The number of carbonyl (C=O) groups excluding carboxylic acids is 1. The van der Waals surface area contributed by atoms with E-state index in [0.29, 0.717) is 11.4 Å². The number of benzene rings is 1. The van der Waals surface area contributed by atoms with E-state index in [1.807, 2.05) is 20.8 Å². The van der Waals surface area contributed by atoms with Gasteiger partial charge in [-0.05, 0) is 51.1 Å². The van der Waals surface area contributed by atoms with Crippen molar-refractivity contribution in [1.29, 1.82) is 0 Å². The summed E-state index contributed by atoms with van der Waals surface area (Å²) >= 11 is 0. The van der Waals surface area contributed by atoms with Crippen LogP contribution in [-0.4, -0.2) is 21.5 Å². The Hall–Kier alpha value is -2.43. The third kappa shape index (κ3) is 4.05. The summed E-state index contributed by atoms with van der Waals surface area (Å²) in [5.74, 6) is 0.988. The summed E-state index contributed by atoms with van der Waals surface area (Å²) < 4.78 is 5.70. The van der Waals surface area contributed by atoms with Gasteiger partial charge in [-0.15, -0.1) is 0 Å². The van der Waals surface area contributed by atoms with Gasteiger partial charge in [0.25, 0.3) is 5.91 Å². The quantitative estimate of drug-likeness (QED) is 0.932. The van der Waals surface area contributed by atoms with Crippen molar-refractivity contribution in [2.45, 2.75) is 26.4 Å². The van der Waals surface area contributed by atoms with Gasteiger partial charge in [0.15, 0.2) is 0 Å². The highest BCUT2D eigenvalue weighted by Gasteiger charge is 2.12. The van der Waals surface area contributed by atoms with Crippen molar-refractivity contribution in [3.05, 3.63) is 48.4 Å². The van der Waals surface area contributed by atoms with Gasteiger partial charge in [0.2, 0.25) is 0 Å². The van der Waals surface area contributed by atoms with Crippen LogP contribution < -0.4 is 10.1 Å². The molecule has 0 fully saturated rings. The molecule has 0 radical (unpaired) electrons. The number of amides is 1. The Balaban J connectivity index is 2.04. The number of hydrogen-bond acceptors (Lipinski definition) is 4. The van der Waals surface area contributed by atoms with Crippen LogP contribution in [0.4, 0.5) is 5.82 Å². The summed E-state index contributed by atoms with van der Waals surface area (Å²) in [6.07, 6.45) is 2.96. The molecule has 5 heteroatoms. The van der Waals surface area contributed by atoms with Crippen molar-refractivity contribution in [2.24, 2.45) is 0 Å². The smallest absolute Gasteiger partial charge is 0.256 e. The average Bonchev–Trinajstić information content (AvgIpc) is 2.39. The lowest BCUT2D eigenvalue weighted by atomic mass is 10.1. The van der Waals surface area contributed by atoms with E-state index in [0.717, 1.165) is 5.75 Å². The van der Waals surface area contributed by atoms with Gasteiger partial charge in [-0.2, -0.15) is 0 Å². The molecule has 20 heavy (non-hydrogen) atoms. The maximum Gasteiger partial charge on any atom is 0.256 e. The zero-order valence-corrected chi connectivity index (χ0v) is 11.8. The highest BCUT2D eigenvalue weighted by atomic mass is 16.5. The Kier molecular flexibility index (Phi) is 3.98. The maximum absolute atomic E-state index is 12.0. The second-order valence-electron chi connectivity index (χ2n) is 5.29. The molecule has 0 atom stereocenters. The molecule has 2 rings (SSSR count). The fraction of sp³-hybridized carbons (Fsp3) is 0.267. The van der Waals surface area contributed by atoms with E-state index in [4.69, 9.17) is 4.74 Å². The summed E-state index contributed by atoms with van der Waals surface area (Å²) in [4.78, 5) is 19.7. The van der Waals surface area contributed by atoms with E-state index in [9.17, 15) is 4.79 Å². The number of carbonyl (C=O) groups is 1. The summed E-state index contributed by atoms with van der Waals surface area (Å²) in [5.41, 5.74) is 0.287. The minimum absolute atomic E-state index is 0.217. The summed E-state index contributed by atoms with van der Waals surface area (Å²) in [6.45, 7) is 5.92. The fourth-order valence-corrected chi connectivity index (χ4v) is 1.58. The van der Waals surface area contributed by atoms with E-state index in [1.165, 1.54) is 6.33 Å². The average molecular weight is 271 g/mol. The van der Waals surface area contributed by atoms with E-state index in [1.54, 1.807) is 36.5 Å². The highest BCUT2D eigenvalue weighted by molar-refractivity contribution is 6.03. The minimum Gasteiger partial charge on any atom is -0.488 e. The molecule has 2 aromatic rings. The van der Waals surface area contributed by atoms with Crippen LogP contribution in [0.1, 0.15) is 31.1 Å². The molecule has 104 valence electrons. The predicted octanol–water partition coefficient (Wildman–Crippen LogP) is 2.91. The normalized spacial score (nSPS) is 10.9. The number of nitrogens with zero attached hydrogens (tertiary/aromatic N) is 2. The Bertz CT molecular complexity index is 574. The van der Waals surface area contributed by atoms with Crippen LogP contribution >= 0.6 is 0 Å². The molecule has 1 heterocycles. The van der Waals surface area contributed by atoms with Gasteiger partial charge in [0.1, 0.15) is 23.5 Å². The van der Waals surface area contributed by atoms with Gasteiger partial charge < -0.3 is 10.1 Å². The Morgan fingerprint density at radius 2 is 1.85 bits per heavy atom. The summed E-state index contributed by atoms with van der Waals surface area (Å²) in [7, 11) is 0. The first kappa shape index (κ1) is 14.0. The van der Waals surface area contributed by atoms with E-state index in [2.05, 4.69) is 15.3 Å². The lowest BCUT2D eigenvalue weighted by Gasteiger charge is -2.21. The van der Waals surface area contributed by atoms with Crippen LogP contribution in [-0.2, 0) is 0 Å². The number of aromatic nitrogens is 2. The minimum atomic E-state index is -0.259. The standard InChI is InChI=1S/C15H17N3O2/c1-15(2,3)20-12-6-4-11(5-7-12)14(19)18-13-8-9-16-10-17-13/h4-10H,1-3H3,(H,16,17,18,19). The van der Waals surface area contributed by atoms with Crippen LogP contribution in [0.25, 0.3) is 0 Å². The predicted molar refractivity (Wildman–Crippen MR) is 76.8 cm³/mol. The zero-order valence-electron chi connectivity index (χ0n) is 11.8. The van der Waals surface area contributed by atoms with Gasteiger partial charge in [-0.25, -0.2) is 9.97 Å². The molecule has 0 spiro atoms. The monoisotopic (exact) mass is 271 g/mol. The second kappa shape index (κ2) is 5.69. The zero-order chi connectivity index (χ0) is 14.6. The van der Waals surface area contributed by atoms with Crippen LogP contribution in [0.5, 0.6) is 5.75 Å². The first-order chi connectivity index (χ1) is 9.44. The Labute approximate surface area is 118 Å². The molecular formula is C15H17N3O2. The second-order valence-corrected chi connectivity index (χ2v) is 5.29. The molecule has 0 aliphatic carbocycles. The Morgan fingerprint density at radius 1 is 1.15 bits per heavy atom. The third-order valence-electron chi connectivity index (χ3n) is 2.36. The first-order valence-corrected chi connectivity index (χ1v) is 6.30. The van der Waals surface area contributed by atoms with Crippen LogP contribution in [0.3, 0.4) is 0 Å². The number of nitrogens with one attached hydrogen (secondary N) is 1. The largest absolute Gasteiger partial charge is 0.488 e. The van der Waals surface area contributed by atoms with Crippen molar-refractivity contribution in [2.75, 3.05) is 5.32 Å². The van der Waals surface area contributed by atoms with Crippen molar-refractivity contribution in [3.8, 4) is 5.75 Å². The molecule has 1 N–H and O–H groups in total. The molecule has 0 aliphatic heterocycles. The first-order valence-electron chi connectivity index (χ1n) is 6.30. The Morgan fingerprint density at radius 3 is 2.40 bits per heavy atom. The lowest BCUT2D eigenvalue weighted by molar-refractivity contribution is 0.102. The molecule has 1 aromatic heterocycles. The van der Waals surface area contributed by atoms with Crippen molar-refractivity contribution >= 4 is 11.7 Å². The highest BCUT2D eigenvalue weighted by Crippen LogP contribution is 2.18. The van der Waals surface area contributed by atoms with Gasteiger partial charge >= 0.3 is 0 Å². The molecule has 0 bridgehead atoms. The molecule has 1 amide bonds. The van der Waals surface area contributed by atoms with E-state index in [-0.39, 0.29) is 11.5 Å². The van der Waals surface area contributed by atoms with Crippen LogP contribution in [0.2, 0.25) is 0 Å². The number of rotatable bonds is 3. The number of ether oxygens (including phenoxy) is 1. The van der Waals surface area contributed by atoms with E-state index >= 15 is 0 Å². The van der Waals surface area contributed by atoms with E-state index < -0.39 is 0 Å². The van der Waals surface area contributed by atoms with Gasteiger partial charge in [0.05, 0.1) is 0 Å². The summed E-state index contributed by atoms with van der Waals surface area (Å²) in [5, 5.41) is 2.70. The molecule has 5 nitrogen and oxygen atoms in total. The van der Waals surface area contributed by atoms with Crippen molar-refractivity contribution in [3.63, 3.8) is 0 Å². The lowest BCUT2D eigenvalue weighted by Crippen LogP contribution is -2.23. The van der Waals surface area contributed by atoms with Crippen molar-refractivity contribution in [1.82, 2.24) is 9.97 Å². The molecule has 0 aliphatic rings. The fourth-order valence-electron chi connectivity index (χ4n) is 1.58. The molecular weight excluding hydrogens is 254 g/mol. The molecule has 0 unspecified atom stereocenters. The third-order valence-corrected chi connectivity index (χ3v) is 2.36. The van der Waals surface area contributed by atoms with Gasteiger partial charge in [-0.3, -0.25) is 4.79 Å². The van der Waals surface area contributed by atoms with Gasteiger partial charge in [0, 0.05) is 11.8 Å². The van der Waals surface area contributed by atoms with Crippen molar-refractivity contribution < 1.29 is 9.53 Å². The number of anilines is 1. The molecule has 0 saturated carbocycles. The maximum atomic E-state index is 12.0. The molecule has 0 saturated heterocycles. The topological polar surface area (TPSA) is 64.1 Å². The van der Waals surface area contributed by atoms with Crippen LogP contribution in [0, 0.1) is 0 Å². The molecule has 1 aromatic carbocycles.